The molecule has 2 bridgehead atoms. The third kappa shape index (κ3) is 3.87. The van der Waals surface area contributed by atoms with Crippen molar-refractivity contribution >= 4 is 41.5 Å². The fourth-order valence-electron chi connectivity index (χ4n) is 3.37. The molecule has 1 amide bonds. The Hall–Kier alpha value is -0.680. The lowest BCUT2D eigenvalue weighted by Gasteiger charge is -2.30. The van der Waals surface area contributed by atoms with Crippen molar-refractivity contribution in [1.29, 1.82) is 0 Å². The van der Waals surface area contributed by atoms with E-state index >= 15 is 0 Å². The molecule has 0 spiro atoms. The summed E-state index contributed by atoms with van der Waals surface area (Å²) in [5, 5.41) is 4.18. The predicted octanol–water partition coefficient (Wildman–Crippen LogP) is 3.54. The maximum absolute atomic E-state index is 12.8. The lowest BCUT2D eigenvalue weighted by Crippen LogP contribution is -2.48. The number of fused-ring (bicyclic) bond motifs is 2. The molecule has 2 aliphatic heterocycles. The maximum Gasteiger partial charge on any atom is 0.263 e. The SMILES string of the molecule is CC(Oc1cccc(Cl)c1Cl)C(=O)N1C2CCNCC1CC2.Cl. The Kier molecular flexibility index (Phi) is 6.43. The second kappa shape index (κ2) is 7.93. The molecule has 2 fully saturated rings. The Balaban J connectivity index is 0.00000192. The quantitative estimate of drug-likeness (QED) is 0.873. The topological polar surface area (TPSA) is 41.6 Å². The Morgan fingerprint density at radius 3 is 2.83 bits per heavy atom. The van der Waals surface area contributed by atoms with E-state index < -0.39 is 6.10 Å². The van der Waals surface area contributed by atoms with Crippen LogP contribution in [0.5, 0.6) is 5.75 Å². The molecule has 7 heteroatoms. The molecule has 23 heavy (non-hydrogen) atoms. The van der Waals surface area contributed by atoms with Crippen LogP contribution in [0.3, 0.4) is 0 Å². The molecule has 1 aromatic carbocycles. The van der Waals surface area contributed by atoms with Crippen molar-refractivity contribution in [2.24, 2.45) is 0 Å². The van der Waals surface area contributed by atoms with Crippen molar-refractivity contribution in [3.8, 4) is 5.75 Å². The van der Waals surface area contributed by atoms with Gasteiger partial charge in [0.1, 0.15) is 10.8 Å². The molecule has 3 unspecified atom stereocenters. The highest BCUT2D eigenvalue weighted by Crippen LogP contribution is 2.33. The first-order valence-electron chi connectivity index (χ1n) is 7.71. The van der Waals surface area contributed by atoms with Crippen molar-refractivity contribution in [1.82, 2.24) is 10.2 Å². The molecule has 1 N–H and O–H groups in total. The molecule has 0 saturated carbocycles. The van der Waals surface area contributed by atoms with Crippen LogP contribution in [0.4, 0.5) is 0 Å². The number of amides is 1. The molecule has 3 atom stereocenters. The van der Waals surface area contributed by atoms with Crippen LogP contribution in [0.1, 0.15) is 26.2 Å². The Bertz CT molecular complexity index is 556. The number of hydrogen-bond donors (Lipinski definition) is 1. The minimum atomic E-state index is -0.572. The third-order valence-corrected chi connectivity index (χ3v) is 5.28. The monoisotopic (exact) mass is 378 g/mol. The van der Waals surface area contributed by atoms with E-state index in [0.717, 1.165) is 32.4 Å². The van der Waals surface area contributed by atoms with E-state index in [2.05, 4.69) is 5.32 Å². The molecule has 0 radical (unpaired) electrons. The average molecular weight is 380 g/mol. The van der Waals surface area contributed by atoms with Gasteiger partial charge in [-0.05, 0) is 44.9 Å². The van der Waals surface area contributed by atoms with Gasteiger partial charge in [0.25, 0.3) is 5.91 Å². The lowest BCUT2D eigenvalue weighted by atomic mass is 10.1. The lowest BCUT2D eigenvalue weighted by molar-refractivity contribution is -0.140. The van der Waals surface area contributed by atoms with Crippen molar-refractivity contribution in [2.45, 2.75) is 44.4 Å². The van der Waals surface area contributed by atoms with Gasteiger partial charge in [-0.25, -0.2) is 0 Å². The van der Waals surface area contributed by atoms with Crippen LogP contribution in [0.2, 0.25) is 10.0 Å². The summed E-state index contributed by atoms with van der Waals surface area (Å²) in [6, 6.07) is 5.80. The molecular formula is C16H21Cl3N2O2. The van der Waals surface area contributed by atoms with Gasteiger partial charge in [-0.2, -0.15) is 0 Å². The van der Waals surface area contributed by atoms with Crippen LogP contribution in [-0.2, 0) is 4.79 Å². The van der Waals surface area contributed by atoms with E-state index in [1.54, 1.807) is 25.1 Å². The van der Waals surface area contributed by atoms with E-state index in [-0.39, 0.29) is 24.4 Å². The molecule has 1 aromatic rings. The summed E-state index contributed by atoms with van der Waals surface area (Å²) in [5.74, 6) is 0.488. The van der Waals surface area contributed by atoms with Gasteiger partial charge in [0.2, 0.25) is 0 Å². The average Bonchev–Trinajstić information content (AvgIpc) is 2.76. The Morgan fingerprint density at radius 1 is 1.30 bits per heavy atom. The number of nitrogens with zero attached hydrogens (tertiary/aromatic N) is 1. The fourth-order valence-corrected chi connectivity index (χ4v) is 3.70. The van der Waals surface area contributed by atoms with Crippen LogP contribution in [0, 0.1) is 0 Å². The summed E-state index contributed by atoms with van der Waals surface area (Å²) in [4.78, 5) is 14.8. The zero-order valence-corrected chi connectivity index (χ0v) is 15.3. The number of carbonyl (C=O) groups is 1. The van der Waals surface area contributed by atoms with Crippen LogP contribution < -0.4 is 10.1 Å². The van der Waals surface area contributed by atoms with Gasteiger partial charge in [-0.1, -0.05) is 29.3 Å². The van der Waals surface area contributed by atoms with E-state index in [0.29, 0.717) is 21.8 Å². The zero-order chi connectivity index (χ0) is 15.7. The first-order chi connectivity index (χ1) is 10.6. The number of rotatable bonds is 3. The van der Waals surface area contributed by atoms with Gasteiger partial charge in [0.05, 0.1) is 5.02 Å². The maximum atomic E-state index is 12.8. The first-order valence-corrected chi connectivity index (χ1v) is 8.47. The number of carbonyl (C=O) groups excluding carboxylic acids is 1. The Labute approximate surface area is 152 Å². The van der Waals surface area contributed by atoms with Gasteiger partial charge in [-0.15, -0.1) is 12.4 Å². The molecule has 128 valence electrons. The van der Waals surface area contributed by atoms with Crippen LogP contribution in [0.15, 0.2) is 18.2 Å². The minimum absolute atomic E-state index is 0. The van der Waals surface area contributed by atoms with Gasteiger partial charge < -0.3 is 15.0 Å². The second-order valence-electron chi connectivity index (χ2n) is 5.94. The molecule has 2 saturated heterocycles. The van der Waals surface area contributed by atoms with Crippen molar-refractivity contribution in [3.05, 3.63) is 28.2 Å². The highest BCUT2D eigenvalue weighted by Gasteiger charge is 2.40. The zero-order valence-electron chi connectivity index (χ0n) is 12.9. The number of nitrogens with one attached hydrogen (secondary N) is 1. The standard InChI is InChI=1S/C16H20Cl2N2O2.ClH/c1-10(22-14-4-2-3-13(17)15(14)18)16(21)20-11-5-6-12(20)9-19-8-7-11;/h2-4,10-12,19H,5-9H2,1H3;1H. The number of halogens is 3. The number of ether oxygens (including phenoxy) is 1. The summed E-state index contributed by atoms with van der Waals surface area (Å²) in [6.45, 7) is 3.62. The third-order valence-electron chi connectivity index (χ3n) is 4.48. The number of hydrogen-bond acceptors (Lipinski definition) is 3. The smallest absolute Gasteiger partial charge is 0.263 e. The molecule has 2 heterocycles. The highest BCUT2D eigenvalue weighted by atomic mass is 35.5. The van der Waals surface area contributed by atoms with Crippen molar-refractivity contribution in [3.63, 3.8) is 0 Å². The van der Waals surface area contributed by atoms with Gasteiger partial charge in [-0.3, -0.25) is 4.79 Å². The fraction of sp³-hybridized carbons (Fsp3) is 0.562. The molecule has 2 aliphatic rings. The summed E-state index contributed by atoms with van der Waals surface area (Å²) in [7, 11) is 0. The largest absolute Gasteiger partial charge is 0.479 e. The minimum Gasteiger partial charge on any atom is -0.479 e. The Morgan fingerprint density at radius 2 is 2.04 bits per heavy atom. The molecule has 3 rings (SSSR count). The normalized spacial score (nSPS) is 24.6. The van der Waals surface area contributed by atoms with E-state index in [1.807, 2.05) is 4.90 Å². The molecule has 4 nitrogen and oxygen atoms in total. The second-order valence-corrected chi connectivity index (χ2v) is 6.72. The summed E-state index contributed by atoms with van der Waals surface area (Å²) >= 11 is 12.1. The van der Waals surface area contributed by atoms with Crippen LogP contribution >= 0.6 is 35.6 Å². The van der Waals surface area contributed by atoms with Crippen LogP contribution in [-0.4, -0.2) is 42.1 Å². The van der Waals surface area contributed by atoms with Crippen molar-refractivity contribution < 1.29 is 9.53 Å². The first kappa shape index (κ1) is 18.7. The van der Waals surface area contributed by atoms with Gasteiger partial charge in [0.15, 0.2) is 6.10 Å². The predicted molar refractivity (Wildman–Crippen MR) is 94.9 cm³/mol. The van der Waals surface area contributed by atoms with E-state index in [9.17, 15) is 4.79 Å². The van der Waals surface area contributed by atoms with E-state index in [1.165, 1.54) is 0 Å². The molecule has 0 aliphatic carbocycles. The summed E-state index contributed by atoms with van der Waals surface area (Å²) in [6.07, 6.45) is 2.58. The summed E-state index contributed by atoms with van der Waals surface area (Å²) < 4.78 is 5.78. The highest BCUT2D eigenvalue weighted by molar-refractivity contribution is 6.42. The van der Waals surface area contributed by atoms with Crippen LogP contribution in [0.25, 0.3) is 0 Å². The van der Waals surface area contributed by atoms with Gasteiger partial charge in [0, 0.05) is 18.6 Å². The van der Waals surface area contributed by atoms with E-state index in [4.69, 9.17) is 27.9 Å². The summed E-state index contributed by atoms with van der Waals surface area (Å²) in [5.41, 5.74) is 0. The molecular weight excluding hydrogens is 359 g/mol. The van der Waals surface area contributed by atoms with Crippen molar-refractivity contribution in [2.75, 3.05) is 13.1 Å². The molecule has 0 aromatic heterocycles. The van der Waals surface area contributed by atoms with Gasteiger partial charge >= 0.3 is 0 Å². The number of benzene rings is 1.